The average molecular weight is 593 g/mol. The van der Waals surface area contributed by atoms with E-state index in [9.17, 15) is 19.2 Å². The molecule has 0 aliphatic carbocycles. The van der Waals surface area contributed by atoms with Gasteiger partial charge in [0.15, 0.2) is 11.5 Å². The van der Waals surface area contributed by atoms with Crippen molar-refractivity contribution in [1.82, 2.24) is 30.5 Å². The van der Waals surface area contributed by atoms with E-state index in [1.807, 2.05) is 42.5 Å². The van der Waals surface area contributed by atoms with E-state index in [1.54, 1.807) is 23.0 Å². The fraction of sp³-hybridized carbons (Fsp3) is 0.400. The second kappa shape index (κ2) is 13.5. The molecule has 2 saturated heterocycles. The number of rotatable bonds is 10. The van der Waals surface area contributed by atoms with Crippen LogP contribution in [0.15, 0.2) is 61.2 Å². The highest BCUT2D eigenvalue weighted by Crippen LogP contribution is 2.34. The van der Waals surface area contributed by atoms with E-state index in [2.05, 4.69) is 17.2 Å². The Kier molecular flexibility index (Phi) is 9.30. The highest BCUT2D eigenvalue weighted by molar-refractivity contribution is 5.91. The lowest BCUT2D eigenvalue weighted by Gasteiger charge is -2.54. The van der Waals surface area contributed by atoms with Gasteiger partial charge in [0, 0.05) is 26.7 Å². The van der Waals surface area contributed by atoms with Crippen molar-refractivity contribution < 1.29 is 33.4 Å². The Balaban J connectivity index is 1.35. The van der Waals surface area contributed by atoms with Crippen molar-refractivity contribution in [1.29, 1.82) is 0 Å². The summed E-state index contributed by atoms with van der Waals surface area (Å²) in [5, 5.41) is 8.71. The number of nitrogens with zero attached hydrogens (tertiary/aromatic N) is 4. The standard InChI is InChI=1S/C30H36N6O7/c1-3-14-41-30(40)31-13-7-10-23-28(38)34(17-22-11-12-24-25(15-22)43-20-42-24)18-26-35(23)27(37)19-33(2)36(26)29(39)32-16-21-8-5-4-6-9-21/h3-6,8-9,11-12,15,23,26H,1,7,10,13-14,16-20H2,2H3,(H,31,40)(H,32,39)/t23-,26?/m0/s1. The van der Waals surface area contributed by atoms with Gasteiger partial charge >= 0.3 is 12.1 Å². The first-order valence-electron chi connectivity index (χ1n) is 14.2. The number of alkyl carbamates (subject to hydrolysis) is 1. The van der Waals surface area contributed by atoms with Crippen LogP contribution in [0, 0.1) is 0 Å². The van der Waals surface area contributed by atoms with E-state index < -0.39 is 18.3 Å². The molecular weight excluding hydrogens is 556 g/mol. The van der Waals surface area contributed by atoms with Crippen molar-refractivity contribution in [3.05, 3.63) is 72.3 Å². The Morgan fingerprint density at radius 3 is 2.65 bits per heavy atom. The van der Waals surface area contributed by atoms with Crippen LogP contribution in [-0.4, -0.2) is 96.0 Å². The number of hydrazine groups is 1. The monoisotopic (exact) mass is 592 g/mol. The molecule has 2 aromatic carbocycles. The SMILES string of the molecule is C=CCOC(=O)NCCC[C@H]1C(=O)N(Cc2ccc3c(c2)OCO3)CC2N1C(=O)CN(C)N2C(=O)NCc1ccccc1. The Labute approximate surface area is 249 Å². The first kappa shape index (κ1) is 29.7. The number of ether oxygens (including phenoxy) is 3. The lowest BCUT2D eigenvalue weighted by molar-refractivity contribution is -0.188. The third kappa shape index (κ3) is 6.83. The Morgan fingerprint density at radius 1 is 1.07 bits per heavy atom. The normalized spacial score (nSPS) is 19.6. The summed E-state index contributed by atoms with van der Waals surface area (Å²) < 4.78 is 15.9. The molecule has 0 saturated carbocycles. The van der Waals surface area contributed by atoms with E-state index >= 15 is 0 Å². The number of carbonyl (C=O) groups excluding carboxylic acids is 4. The minimum atomic E-state index is -0.829. The van der Waals surface area contributed by atoms with Gasteiger partial charge in [-0.05, 0) is 36.1 Å². The van der Waals surface area contributed by atoms with Gasteiger partial charge in [-0.1, -0.05) is 49.1 Å². The number of nitrogens with one attached hydrogen (secondary N) is 2. The zero-order chi connectivity index (χ0) is 30.3. The fourth-order valence-corrected chi connectivity index (χ4v) is 5.51. The van der Waals surface area contributed by atoms with E-state index in [-0.39, 0.29) is 63.8 Å². The van der Waals surface area contributed by atoms with Crippen molar-refractivity contribution in [2.45, 2.75) is 38.1 Å². The third-order valence-electron chi connectivity index (χ3n) is 7.50. The van der Waals surface area contributed by atoms with Crippen LogP contribution in [0.5, 0.6) is 11.5 Å². The summed E-state index contributed by atoms with van der Waals surface area (Å²) in [4.78, 5) is 56.0. The number of hydrogen-bond acceptors (Lipinski definition) is 8. The molecule has 2 fully saturated rings. The van der Waals surface area contributed by atoms with Crippen molar-refractivity contribution in [3.63, 3.8) is 0 Å². The number of fused-ring (bicyclic) bond motifs is 2. The van der Waals surface area contributed by atoms with E-state index in [4.69, 9.17) is 14.2 Å². The number of urea groups is 1. The maximum absolute atomic E-state index is 13.9. The average Bonchev–Trinajstić information content (AvgIpc) is 3.47. The number of likely N-dealkylation sites (N-methyl/N-ethyl adjacent to an activating group) is 1. The first-order valence-corrected chi connectivity index (χ1v) is 14.2. The van der Waals surface area contributed by atoms with E-state index in [0.717, 1.165) is 11.1 Å². The predicted octanol–water partition coefficient (Wildman–Crippen LogP) is 2.05. The maximum Gasteiger partial charge on any atom is 0.407 e. The Hall–Kier alpha value is -4.78. The van der Waals surface area contributed by atoms with Crippen LogP contribution in [0.2, 0.25) is 0 Å². The van der Waals surface area contributed by atoms with Gasteiger partial charge in [0.2, 0.25) is 18.6 Å². The number of hydrogen-bond donors (Lipinski definition) is 2. The zero-order valence-corrected chi connectivity index (χ0v) is 24.1. The highest BCUT2D eigenvalue weighted by atomic mass is 16.7. The molecule has 5 amide bonds. The van der Waals surface area contributed by atoms with Crippen molar-refractivity contribution in [2.24, 2.45) is 0 Å². The summed E-state index contributed by atoms with van der Waals surface area (Å²) >= 11 is 0. The summed E-state index contributed by atoms with van der Waals surface area (Å²) in [7, 11) is 1.68. The summed E-state index contributed by atoms with van der Waals surface area (Å²) in [6.07, 6.45) is 0.835. The topological polar surface area (TPSA) is 133 Å². The van der Waals surface area contributed by atoms with Crippen LogP contribution < -0.4 is 20.1 Å². The molecule has 2 aromatic rings. The van der Waals surface area contributed by atoms with Gasteiger partial charge in [-0.2, -0.15) is 0 Å². The Morgan fingerprint density at radius 2 is 1.86 bits per heavy atom. The molecule has 2 atom stereocenters. The maximum atomic E-state index is 13.9. The molecule has 0 bridgehead atoms. The van der Waals surface area contributed by atoms with Crippen LogP contribution in [0.4, 0.5) is 9.59 Å². The molecule has 1 unspecified atom stereocenters. The minimum absolute atomic E-state index is 0.0622. The molecule has 3 heterocycles. The van der Waals surface area contributed by atoms with Gasteiger partial charge < -0.3 is 34.6 Å². The van der Waals surface area contributed by atoms with E-state index in [0.29, 0.717) is 24.5 Å². The largest absolute Gasteiger partial charge is 0.454 e. The summed E-state index contributed by atoms with van der Waals surface area (Å²) in [5.74, 6) is 0.756. The van der Waals surface area contributed by atoms with Crippen molar-refractivity contribution in [3.8, 4) is 11.5 Å². The Bertz CT molecular complexity index is 1360. The lowest BCUT2D eigenvalue weighted by atomic mass is 10.0. The van der Waals surface area contributed by atoms with Gasteiger partial charge in [0.25, 0.3) is 0 Å². The zero-order valence-electron chi connectivity index (χ0n) is 24.1. The molecule has 2 N–H and O–H groups in total. The molecule has 5 rings (SSSR count). The number of piperazine rings is 1. The molecule has 43 heavy (non-hydrogen) atoms. The molecular formula is C30H36N6O7. The second-order valence-corrected chi connectivity index (χ2v) is 10.5. The molecule has 0 aromatic heterocycles. The van der Waals surface area contributed by atoms with Crippen LogP contribution in [-0.2, 0) is 27.4 Å². The molecule has 0 spiro atoms. The van der Waals surface area contributed by atoms with Crippen molar-refractivity contribution in [2.75, 3.05) is 40.1 Å². The predicted molar refractivity (Wildman–Crippen MR) is 154 cm³/mol. The van der Waals surface area contributed by atoms with Crippen LogP contribution in [0.1, 0.15) is 24.0 Å². The van der Waals surface area contributed by atoms with Gasteiger partial charge in [0.1, 0.15) is 18.8 Å². The lowest BCUT2D eigenvalue weighted by Crippen LogP contribution is -2.75. The highest BCUT2D eigenvalue weighted by Gasteiger charge is 2.50. The molecule has 0 radical (unpaired) electrons. The van der Waals surface area contributed by atoms with Gasteiger partial charge in [0.05, 0.1) is 13.1 Å². The first-order chi connectivity index (χ1) is 20.9. The van der Waals surface area contributed by atoms with Crippen LogP contribution >= 0.6 is 0 Å². The van der Waals surface area contributed by atoms with Crippen LogP contribution in [0.25, 0.3) is 0 Å². The van der Waals surface area contributed by atoms with Gasteiger partial charge in [-0.3, -0.25) is 9.59 Å². The molecule has 3 aliphatic heterocycles. The molecule has 13 heteroatoms. The third-order valence-corrected chi connectivity index (χ3v) is 7.50. The van der Waals surface area contributed by atoms with E-state index in [1.165, 1.54) is 16.0 Å². The molecule has 3 aliphatic rings. The van der Waals surface area contributed by atoms with Gasteiger partial charge in [-0.25, -0.2) is 19.6 Å². The van der Waals surface area contributed by atoms with Crippen molar-refractivity contribution >= 4 is 23.9 Å². The van der Waals surface area contributed by atoms with Gasteiger partial charge in [-0.15, -0.1) is 0 Å². The summed E-state index contributed by atoms with van der Waals surface area (Å²) in [5.41, 5.74) is 1.76. The quantitative estimate of drug-likeness (QED) is 0.317. The number of benzene rings is 2. The number of carbonyl (C=O) groups is 4. The smallest absolute Gasteiger partial charge is 0.407 e. The van der Waals surface area contributed by atoms with Crippen LogP contribution in [0.3, 0.4) is 0 Å². The second-order valence-electron chi connectivity index (χ2n) is 10.5. The molecule has 228 valence electrons. The summed E-state index contributed by atoms with van der Waals surface area (Å²) in [6, 6.07) is 13.8. The minimum Gasteiger partial charge on any atom is -0.454 e. The fourth-order valence-electron chi connectivity index (χ4n) is 5.51. The molecule has 13 nitrogen and oxygen atoms in total. The number of amides is 5. The summed E-state index contributed by atoms with van der Waals surface area (Å²) in [6.45, 7) is 4.59.